The summed E-state index contributed by atoms with van der Waals surface area (Å²) in [5.41, 5.74) is 11.5. The van der Waals surface area contributed by atoms with Crippen LogP contribution in [0.2, 0.25) is 0 Å². The summed E-state index contributed by atoms with van der Waals surface area (Å²) >= 11 is 1.68. The smallest absolute Gasteiger partial charge is 0.205 e. The zero-order valence-electron chi connectivity index (χ0n) is 29.8. The minimum atomic E-state index is 0.672. The molecule has 4 nitrogen and oxygen atoms in total. The average molecular weight is 694 g/mol. The maximum Gasteiger partial charge on any atom is 0.205 e. The summed E-state index contributed by atoms with van der Waals surface area (Å²) in [7, 11) is 2.05. The highest BCUT2D eigenvalue weighted by atomic mass is 32.1. The summed E-state index contributed by atoms with van der Waals surface area (Å²) in [5.74, 6) is 0. The molecular weight excluding hydrogens is 653 g/mol. The van der Waals surface area contributed by atoms with Crippen molar-refractivity contribution in [2.75, 3.05) is 29.9 Å². The number of nitrogens with zero attached hydrogens (tertiary/aromatic N) is 4. The number of hydrogen-bond donors (Lipinski definition) is 0. The molecule has 0 bridgehead atoms. The number of thiophene rings is 1. The topological polar surface area (TPSA) is 33.3 Å². The molecule has 0 saturated heterocycles. The summed E-state index contributed by atoms with van der Waals surface area (Å²) in [6, 6.07) is 53.2. The van der Waals surface area contributed by atoms with E-state index in [0.29, 0.717) is 5.56 Å². The Kier molecular flexibility index (Phi) is 10.4. The Hall–Kier alpha value is -6.22. The first-order valence-electron chi connectivity index (χ1n) is 17.8. The van der Waals surface area contributed by atoms with Crippen molar-refractivity contribution in [2.24, 2.45) is 0 Å². The maximum absolute atomic E-state index is 10.9. The van der Waals surface area contributed by atoms with E-state index in [9.17, 15) is 5.26 Å². The fraction of sp³-hybridized carbons (Fsp3) is 0.106. The molecule has 52 heavy (non-hydrogen) atoms. The van der Waals surface area contributed by atoms with Gasteiger partial charge < -0.3 is 9.80 Å². The van der Waals surface area contributed by atoms with Gasteiger partial charge in [-0.15, -0.1) is 11.3 Å². The second kappa shape index (κ2) is 15.8. The Morgan fingerprint density at radius 1 is 0.654 bits per heavy atom. The van der Waals surface area contributed by atoms with Crippen molar-refractivity contribution in [3.63, 3.8) is 0 Å². The van der Waals surface area contributed by atoms with Gasteiger partial charge in [0.05, 0.1) is 5.56 Å². The molecule has 0 N–H and O–H groups in total. The number of allylic oxidation sites excluding steroid dienone is 5. The third-order valence-corrected chi connectivity index (χ3v) is 10.7. The van der Waals surface area contributed by atoms with Crippen LogP contribution in [0, 0.1) is 11.3 Å². The van der Waals surface area contributed by atoms with Crippen LogP contribution in [0.5, 0.6) is 0 Å². The SMILES string of the molecule is CCN(c1ccccc1)c1ccc(C(=C2C=CC(=[N+](CC)c3ccccc3)C=C2)c2sc(N(C)c3ccccc3)c(C#N)c2-c2ccccc2)cc1. The molecular formula is C47H41N4S+. The quantitative estimate of drug-likeness (QED) is 0.134. The summed E-state index contributed by atoms with van der Waals surface area (Å²) in [5, 5.41) is 11.8. The zero-order chi connectivity index (χ0) is 35.9. The van der Waals surface area contributed by atoms with E-state index in [1.54, 1.807) is 11.3 Å². The van der Waals surface area contributed by atoms with Crippen LogP contribution in [0.4, 0.5) is 27.8 Å². The highest BCUT2D eigenvalue weighted by Crippen LogP contribution is 2.49. The van der Waals surface area contributed by atoms with Crippen LogP contribution in [0.15, 0.2) is 175 Å². The van der Waals surface area contributed by atoms with E-state index >= 15 is 0 Å². The maximum atomic E-state index is 10.9. The molecule has 1 aromatic heterocycles. The van der Waals surface area contributed by atoms with Crippen LogP contribution in [-0.4, -0.2) is 30.4 Å². The van der Waals surface area contributed by atoms with Crippen molar-refractivity contribution >= 4 is 50.4 Å². The minimum Gasteiger partial charge on any atom is -0.342 e. The zero-order valence-corrected chi connectivity index (χ0v) is 30.6. The lowest BCUT2D eigenvalue weighted by Gasteiger charge is -2.24. The second-order valence-corrected chi connectivity index (χ2v) is 13.5. The number of nitriles is 1. The fourth-order valence-electron chi connectivity index (χ4n) is 6.87. The van der Waals surface area contributed by atoms with Crippen LogP contribution in [-0.2, 0) is 0 Å². The van der Waals surface area contributed by atoms with Gasteiger partial charge in [0.25, 0.3) is 0 Å². The molecule has 0 unspecified atom stereocenters. The van der Waals surface area contributed by atoms with Gasteiger partial charge in [0, 0.05) is 71.0 Å². The summed E-state index contributed by atoms with van der Waals surface area (Å²) < 4.78 is 2.32. The van der Waals surface area contributed by atoms with Gasteiger partial charge in [-0.05, 0) is 79.1 Å². The van der Waals surface area contributed by atoms with E-state index in [1.165, 1.54) is 0 Å². The molecule has 0 spiro atoms. The molecule has 0 aliphatic heterocycles. The van der Waals surface area contributed by atoms with Crippen molar-refractivity contribution in [3.8, 4) is 17.2 Å². The molecule has 1 aliphatic rings. The number of hydrogen-bond acceptors (Lipinski definition) is 4. The summed E-state index contributed by atoms with van der Waals surface area (Å²) in [6.45, 7) is 6.06. The first kappa shape index (κ1) is 34.2. The van der Waals surface area contributed by atoms with Gasteiger partial charge in [0.2, 0.25) is 11.4 Å². The Bertz CT molecular complexity index is 2290. The lowest BCUT2D eigenvalue weighted by Crippen LogP contribution is -2.15. The lowest BCUT2D eigenvalue weighted by atomic mass is 9.90. The largest absolute Gasteiger partial charge is 0.342 e. The van der Waals surface area contributed by atoms with E-state index in [-0.39, 0.29) is 0 Å². The third-order valence-electron chi connectivity index (χ3n) is 9.44. The summed E-state index contributed by atoms with van der Waals surface area (Å²) in [4.78, 5) is 5.52. The second-order valence-electron chi connectivity index (χ2n) is 12.5. The Labute approximate surface area is 311 Å². The highest BCUT2D eigenvalue weighted by molar-refractivity contribution is 7.18. The normalized spacial score (nSPS) is 12.0. The van der Waals surface area contributed by atoms with Crippen molar-refractivity contribution in [2.45, 2.75) is 13.8 Å². The highest BCUT2D eigenvalue weighted by Gasteiger charge is 2.27. The molecule has 0 amide bonds. The van der Waals surface area contributed by atoms with Gasteiger partial charge >= 0.3 is 0 Å². The molecule has 5 aromatic carbocycles. The molecule has 0 radical (unpaired) electrons. The van der Waals surface area contributed by atoms with E-state index in [4.69, 9.17) is 0 Å². The molecule has 6 aromatic rings. The number of rotatable bonds is 10. The van der Waals surface area contributed by atoms with Gasteiger partial charge in [0.1, 0.15) is 17.6 Å². The molecule has 1 heterocycles. The molecule has 1 aliphatic carbocycles. The third kappa shape index (κ3) is 6.90. The van der Waals surface area contributed by atoms with E-state index in [2.05, 4.69) is 175 Å². The van der Waals surface area contributed by atoms with Gasteiger partial charge in [0.15, 0.2) is 0 Å². The molecule has 0 fully saturated rings. The van der Waals surface area contributed by atoms with Crippen LogP contribution < -0.4 is 9.80 Å². The average Bonchev–Trinajstić information content (AvgIpc) is 3.60. The molecule has 5 heteroatoms. The van der Waals surface area contributed by atoms with Gasteiger partial charge in [-0.1, -0.05) is 97.1 Å². The lowest BCUT2D eigenvalue weighted by molar-refractivity contribution is -0.434. The van der Waals surface area contributed by atoms with Gasteiger partial charge in [-0.25, -0.2) is 0 Å². The Morgan fingerprint density at radius 3 is 1.75 bits per heavy atom. The predicted octanol–water partition coefficient (Wildman–Crippen LogP) is 11.9. The predicted molar refractivity (Wildman–Crippen MR) is 221 cm³/mol. The molecule has 0 atom stereocenters. The Balaban J connectivity index is 1.45. The summed E-state index contributed by atoms with van der Waals surface area (Å²) in [6.07, 6.45) is 8.89. The van der Waals surface area contributed by atoms with E-state index in [0.717, 1.165) is 79.3 Å². The number of anilines is 4. The van der Waals surface area contributed by atoms with E-state index < -0.39 is 0 Å². The fourth-order valence-corrected chi connectivity index (χ4v) is 8.22. The van der Waals surface area contributed by atoms with Crippen LogP contribution >= 0.6 is 11.3 Å². The van der Waals surface area contributed by atoms with Crippen LogP contribution in [0.3, 0.4) is 0 Å². The first-order valence-corrected chi connectivity index (χ1v) is 18.6. The molecule has 0 saturated carbocycles. The van der Waals surface area contributed by atoms with Gasteiger partial charge in [-0.3, -0.25) is 0 Å². The number of para-hydroxylation sites is 3. The van der Waals surface area contributed by atoms with E-state index in [1.807, 2.05) is 36.4 Å². The molecule has 7 rings (SSSR count). The number of benzene rings is 5. The first-order chi connectivity index (χ1) is 25.6. The van der Waals surface area contributed by atoms with Gasteiger partial charge in [-0.2, -0.15) is 9.84 Å². The molecule has 254 valence electrons. The van der Waals surface area contributed by atoms with Crippen LogP contribution in [0.25, 0.3) is 16.7 Å². The Morgan fingerprint density at radius 2 is 1.19 bits per heavy atom. The van der Waals surface area contributed by atoms with Crippen molar-refractivity contribution in [3.05, 3.63) is 191 Å². The van der Waals surface area contributed by atoms with Crippen molar-refractivity contribution in [1.29, 1.82) is 5.26 Å². The van der Waals surface area contributed by atoms with Crippen LogP contribution in [0.1, 0.15) is 29.9 Å². The van der Waals surface area contributed by atoms with Crippen molar-refractivity contribution < 1.29 is 4.58 Å². The van der Waals surface area contributed by atoms with Crippen molar-refractivity contribution in [1.82, 2.24) is 0 Å². The standard InChI is InChI=1S/C47H41N4S/c1-4-50(39-22-14-8-15-23-39)41-30-26-36(27-31-41)44(37-28-32-42(33-29-37)51(5-2)40-24-16-9-17-25-40)46-45(35-18-10-6-11-19-35)43(34-48)47(52-46)49(3)38-20-12-7-13-21-38/h6-33H,4-5H2,1-3H3/q+1. The minimum absolute atomic E-state index is 0.672. The monoisotopic (exact) mass is 693 g/mol.